The molecule has 1 aliphatic heterocycles. The van der Waals surface area contributed by atoms with Gasteiger partial charge < -0.3 is 10.1 Å². The average molecular weight is 426 g/mol. The molecule has 6 nitrogen and oxygen atoms in total. The molecule has 0 bridgehead atoms. The van der Waals surface area contributed by atoms with E-state index in [9.17, 15) is 14.0 Å². The summed E-state index contributed by atoms with van der Waals surface area (Å²) >= 11 is 0. The molecule has 4 rings (SSSR count). The van der Waals surface area contributed by atoms with Crippen LogP contribution in [-0.4, -0.2) is 29.1 Å². The SMILES string of the molecule is CC(C)(C)OC(=O)N1CCCc2nc(C3(C(=O)Nc4ccc(F)cc4)CCC3)ccc21. The number of fused-ring (bicyclic) bond motifs is 1. The summed E-state index contributed by atoms with van der Waals surface area (Å²) in [6.45, 7) is 6.12. The summed E-state index contributed by atoms with van der Waals surface area (Å²) in [6.07, 6.45) is 3.52. The molecule has 31 heavy (non-hydrogen) atoms. The lowest BCUT2D eigenvalue weighted by Crippen LogP contribution is -2.47. The van der Waals surface area contributed by atoms with Crippen LogP contribution in [0.25, 0.3) is 0 Å². The fraction of sp³-hybridized carbons (Fsp3) is 0.458. The van der Waals surface area contributed by atoms with E-state index in [1.54, 1.807) is 17.0 Å². The van der Waals surface area contributed by atoms with Crippen molar-refractivity contribution in [1.29, 1.82) is 0 Å². The minimum atomic E-state index is -0.697. The zero-order valence-corrected chi connectivity index (χ0v) is 18.2. The second kappa shape index (κ2) is 7.94. The van der Waals surface area contributed by atoms with Crippen molar-refractivity contribution in [2.24, 2.45) is 0 Å². The maximum Gasteiger partial charge on any atom is 0.414 e. The molecule has 1 aromatic heterocycles. The molecule has 0 unspecified atom stereocenters. The largest absolute Gasteiger partial charge is 0.443 e. The van der Waals surface area contributed by atoms with Crippen LogP contribution in [0.2, 0.25) is 0 Å². The first-order valence-electron chi connectivity index (χ1n) is 10.8. The van der Waals surface area contributed by atoms with Gasteiger partial charge in [0.25, 0.3) is 0 Å². The number of halogens is 1. The molecule has 1 saturated carbocycles. The molecule has 0 atom stereocenters. The number of pyridine rings is 1. The number of carbonyl (C=O) groups is 2. The first kappa shape index (κ1) is 21.3. The predicted molar refractivity (Wildman–Crippen MR) is 117 cm³/mol. The number of nitrogens with zero attached hydrogens (tertiary/aromatic N) is 2. The van der Waals surface area contributed by atoms with Crippen LogP contribution in [0.3, 0.4) is 0 Å². The van der Waals surface area contributed by atoms with Crippen LogP contribution in [0.15, 0.2) is 36.4 Å². The molecule has 0 radical (unpaired) electrons. The van der Waals surface area contributed by atoms with E-state index in [1.807, 2.05) is 32.9 Å². The number of nitrogens with one attached hydrogen (secondary N) is 1. The van der Waals surface area contributed by atoms with Crippen molar-refractivity contribution in [1.82, 2.24) is 4.98 Å². The number of benzene rings is 1. The summed E-state index contributed by atoms with van der Waals surface area (Å²) < 4.78 is 18.7. The number of ether oxygens (including phenoxy) is 1. The van der Waals surface area contributed by atoms with Crippen LogP contribution in [0.1, 0.15) is 57.8 Å². The lowest BCUT2D eigenvalue weighted by molar-refractivity contribution is -0.124. The van der Waals surface area contributed by atoms with Crippen molar-refractivity contribution in [3.8, 4) is 0 Å². The van der Waals surface area contributed by atoms with Gasteiger partial charge in [-0.15, -0.1) is 0 Å². The zero-order valence-electron chi connectivity index (χ0n) is 18.2. The zero-order chi connectivity index (χ0) is 22.2. The van der Waals surface area contributed by atoms with Gasteiger partial charge in [-0.05, 0) is 82.9 Å². The van der Waals surface area contributed by atoms with E-state index in [0.717, 1.165) is 36.3 Å². The predicted octanol–water partition coefficient (Wildman–Crippen LogP) is 4.97. The molecule has 1 fully saturated rings. The van der Waals surface area contributed by atoms with Gasteiger partial charge in [0, 0.05) is 12.2 Å². The second-order valence-electron chi connectivity index (χ2n) is 9.29. The topological polar surface area (TPSA) is 71.5 Å². The standard InChI is InChI=1S/C24H28FN3O3/c1-23(2,3)31-22(30)28-15-4-6-18-19(28)11-12-20(27-18)24(13-5-14-24)21(29)26-17-9-7-16(25)8-10-17/h7-12H,4-6,13-15H2,1-3H3,(H,26,29). The third kappa shape index (κ3) is 4.27. The van der Waals surface area contributed by atoms with E-state index >= 15 is 0 Å². The normalized spacial score (nSPS) is 17.4. The van der Waals surface area contributed by atoms with Crippen molar-refractivity contribution in [3.63, 3.8) is 0 Å². The van der Waals surface area contributed by atoms with Gasteiger partial charge in [-0.3, -0.25) is 14.7 Å². The molecular weight excluding hydrogens is 397 g/mol. The summed E-state index contributed by atoms with van der Waals surface area (Å²) in [4.78, 5) is 32.3. The summed E-state index contributed by atoms with van der Waals surface area (Å²) in [5.41, 5.74) is 1.58. The van der Waals surface area contributed by atoms with E-state index in [-0.39, 0.29) is 17.8 Å². The Bertz CT molecular complexity index is 994. The number of aromatic nitrogens is 1. The second-order valence-corrected chi connectivity index (χ2v) is 9.29. The lowest BCUT2D eigenvalue weighted by Gasteiger charge is -2.40. The van der Waals surface area contributed by atoms with Gasteiger partial charge in [0.2, 0.25) is 5.91 Å². The van der Waals surface area contributed by atoms with Crippen LogP contribution < -0.4 is 10.2 Å². The maximum absolute atomic E-state index is 13.2. The third-order valence-corrected chi connectivity index (χ3v) is 5.88. The van der Waals surface area contributed by atoms with Gasteiger partial charge in [-0.1, -0.05) is 6.42 Å². The van der Waals surface area contributed by atoms with Crippen LogP contribution in [0, 0.1) is 5.82 Å². The highest BCUT2D eigenvalue weighted by Crippen LogP contribution is 2.45. The molecule has 2 amide bonds. The molecule has 1 aromatic carbocycles. The number of hydrogen-bond donors (Lipinski definition) is 1. The number of hydrogen-bond acceptors (Lipinski definition) is 4. The highest BCUT2D eigenvalue weighted by atomic mass is 19.1. The quantitative estimate of drug-likeness (QED) is 0.754. The molecule has 1 N–H and O–H groups in total. The van der Waals surface area contributed by atoms with Crippen LogP contribution >= 0.6 is 0 Å². The van der Waals surface area contributed by atoms with E-state index in [0.29, 0.717) is 25.1 Å². The van der Waals surface area contributed by atoms with Crippen molar-refractivity contribution in [3.05, 3.63) is 53.6 Å². The Balaban J connectivity index is 1.59. The third-order valence-electron chi connectivity index (χ3n) is 5.88. The van der Waals surface area contributed by atoms with Crippen LogP contribution in [0.4, 0.5) is 20.6 Å². The Hall–Kier alpha value is -2.96. The van der Waals surface area contributed by atoms with Gasteiger partial charge in [0.1, 0.15) is 11.4 Å². The minimum Gasteiger partial charge on any atom is -0.443 e. The molecule has 2 aliphatic rings. The van der Waals surface area contributed by atoms with Gasteiger partial charge in [0.15, 0.2) is 0 Å². The van der Waals surface area contributed by atoms with E-state index < -0.39 is 11.0 Å². The minimum absolute atomic E-state index is 0.127. The molecule has 0 saturated heterocycles. The lowest BCUT2D eigenvalue weighted by atomic mass is 9.65. The number of carbonyl (C=O) groups excluding carboxylic acids is 2. The number of anilines is 2. The average Bonchev–Trinajstić information content (AvgIpc) is 2.67. The molecule has 164 valence electrons. The van der Waals surface area contributed by atoms with Crippen molar-refractivity contribution >= 4 is 23.4 Å². The van der Waals surface area contributed by atoms with E-state index in [4.69, 9.17) is 9.72 Å². The highest BCUT2D eigenvalue weighted by molar-refractivity contribution is 5.99. The highest BCUT2D eigenvalue weighted by Gasteiger charge is 2.47. The van der Waals surface area contributed by atoms with Gasteiger partial charge in [-0.25, -0.2) is 9.18 Å². The van der Waals surface area contributed by atoms with Crippen LogP contribution in [0.5, 0.6) is 0 Å². The number of aryl methyl sites for hydroxylation is 1. The van der Waals surface area contributed by atoms with Crippen molar-refractivity contribution in [2.45, 2.75) is 63.9 Å². The van der Waals surface area contributed by atoms with E-state index in [1.165, 1.54) is 12.1 Å². The fourth-order valence-electron chi connectivity index (χ4n) is 4.14. The monoisotopic (exact) mass is 425 g/mol. The smallest absolute Gasteiger partial charge is 0.414 e. The first-order chi connectivity index (χ1) is 14.7. The fourth-order valence-corrected chi connectivity index (χ4v) is 4.14. The summed E-state index contributed by atoms with van der Waals surface area (Å²) in [7, 11) is 0. The first-order valence-corrected chi connectivity index (χ1v) is 10.8. The van der Waals surface area contributed by atoms with Gasteiger partial charge >= 0.3 is 6.09 Å². The Labute approximate surface area is 181 Å². The Kier molecular flexibility index (Phi) is 5.45. The molecule has 0 spiro atoms. The molecule has 2 aromatic rings. The van der Waals surface area contributed by atoms with Crippen molar-refractivity contribution in [2.75, 3.05) is 16.8 Å². The molecule has 7 heteroatoms. The molecular formula is C24H28FN3O3. The number of amides is 2. The number of rotatable bonds is 3. The molecule has 1 aliphatic carbocycles. The van der Waals surface area contributed by atoms with Gasteiger partial charge in [-0.2, -0.15) is 0 Å². The van der Waals surface area contributed by atoms with Crippen LogP contribution in [-0.2, 0) is 21.4 Å². The Morgan fingerprint density at radius 3 is 2.42 bits per heavy atom. The molecule has 2 heterocycles. The van der Waals surface area contributed by atoms with E-state index in [2.05, 4.69) is 5.32 Å². The maximum atomic E-state index is 13.2. The summed E-state index contributed by atoms with van der Waals surface area (Å²) in [6, 6.07) is 9.49. The Morgan fingerprint density at radius 1 is 1.10 bits per heavy atom. The summed E-state index contributed by atoms with van der Waals surface area (Å²) in [5, 5.41) is 2.91. The Morgan fingerprint density at radius 2 is 1.81 bits per heavy atom. The van der Waals surface area contributed by atoms with Crippen molar-refractivity contribution < 1.29 is 18.7 Å². The summed E-state index contributed by atoms with van der Waals surface area (Å²) in [5.74, 6) is -0.472. The van der Waals surface area contributed by atoms with Gasteiger partial charge in [0.05, 0.1) is 22.5 Å².